The molecule has 1 aliphatic rings. The molecule has 2 rings (SSSR count). The SMILES string of the molecule is CC1CCCCC1OCC(O)CNc1ccccc1. The maximum atomic E-state index is 9.94. The van der Waals surface area contributed by atoms with Crippen LogP contribution in [0.3, 0.4) is 0 Å². The van der Waals surface area contributed by atoms with Gasteiger partial charge in [0.05, 0.1) is 18.8 Å². The Balaban J connectivity index is 1.65. The first-order valence-electron chi connectivity index (χ1n) is 7.34. The molecule has 0 saturated heterocycles. The van der Waals surface area contributed by atoms with Crippen LogP contribution in [0.2, 0.25) is 0 Å². The molecule has 1 saturated carbocycles. The van der Waals surface area contributed by atoms with Crippen LogP contribution in [0.1, 0.15) is 32.6 Å². The van der Waals surface area contributed by atoms with Crippen LogP contribution in [0.25, 0.3) is 0 Å². The first kappa shape index (κ1) is 14.4. The molecule has 106 valence electrons. The van der Waals surface area contributed by atoms with Crippen LogP contribution < -0.4 is 5.32 Å². The Hall–Kier alpha value is -1.06. The lowest BCUT2D eigenvalue weighted by Gasteiger charge is -2.29. The summed E-state index contributed by atoms with van der Waals surface area (Å²) in [5, 5.41) is 13.2. The lowest BCUT2D eigenvalue weighted by Crippen LogP contribution is -2.32. The second kappa shape index (κ2) is 7.51. The number of rotatable bonds is 6. The third-order valence-corrected chi connectivity index (χ3v) is 3.85. The quantitative estimate of drug-likeness (QED) is 0.829. The van der Waals surface area contributed by atoms with Gasteiger partial charge in [-0.05, 0) is 30.9 Å². The van der Waals surface area contributed by atoms with Crippen LogP contribution in [0, 0.1) is 5.92 Å². The molecule has 3 nitrogen and oxygen atoms in total. The standard InChI is InChI=1S/C16H25NO2/c1-13-7-5-6-10-16(13)19-12-15(18)11-17-14-8-3-2-4-9-14/h2-4,8-9,13,15-18H,5-7,10-12H2,1H3. The Labute approximate surface area is 116 Å². The highest BCUT2D eigenvalue weighted by Crippen LogP contribution is 2.26. The Morgan fingerprint density at radius 2 is 2.00 bits per heavy atom. The molecule has 0 radical (unpaired) electrons. The second-order valence-corrected chi connectivity index (χ2v) is 5.53. The molecule has 19 heavy (non-hydrogen) atoms. The van der Waals surface area contributed by atoms with Gasteiger partial charge in [-0.3, -0.25) is 0 Å². The Morgan fingerprint density at radius 1 is 1.26 bits per heavy atom. The lowest BCUT2D eigenvalue weighted by molar-refractivity contribution is -0.0424. The van der Waals surface area contributed by atoms with E-state index in [1.165, 1.54) is 19.3 Å². The predicted molar refractivity (Wildman–Crippen MR) is 78.3 cm³/mol. The van der Waals surface area contributed by atoms with Crippen LogP contribution in [-0.4, -0.2) is 30.5 Å². The summed E-state index contributed by atoms with van der Waals surface area (Å²) in [6.07, 6.45) is 4.85. The Morgan fingerprint density at radius 3 is 2.74 bits per heavy atom. The van der Waals surface area contributed by atoms with Crippen molar-refractivity contribution in [2.24, 2.45) is 5.92 Å². The zero-order valence-corrected chi connectivity index (χ0v) is 11.7. The summed E-state index contributed by atoms with van der Waals surface area (Å²) in [5.74, 6) is 0.628. The average Bonchev–Trinajstić information content (AvgIpc) is 2.45. The Bertz CT molecular complexity index is 355. The van der Waals surface area contributed by atoms with Gasteiger partial charge >= 0.3 is 0 Å². The molecule has 0 bridgehead atoms. The fourth-order valence-electron chi connectivity index (χ4n) is 2.62. The van der Waals surface area contributed by atoms with Crippen molar-refractivity contribution in [3.63, 3.8) is 0 Å². The van der Waals surface area contributed by atoms with Gasteiger partial charge in [-0.2, -0.15) is 0 Å². The number of aliphatic hydroxyl groups excluding tert-OH is 1. The molecule has 0 spiro atoms. The summed E-state index contributed by atoms with van der Waals surface area (Å²) in [7, 11) is 0. The van der Waals surface area contributed by atoms with Crippen LogP contribution >= 0.6 is 0 Å². The van der Waals surface area contributed by atoms with Crippen LogP contribution in [0.15, 0.2) is 30.3 Å². The van der Waals surface area contributed by atoms with Crippen molar-refractivity contribution < 1.29 is 9.84 Å². The van der Waals surface area contributed by atoms with Crippen molar-refractivity contribution in [3.05, 3.63) is 30.3 Å². The van der Waals surface area contributed by atoms with E-state index in [2.05, 4.69) is 12.2 Å². The van der Waals surface area contributed by atoms with Crippen molar-refractivity contribution in [2.75, 3.05) is 18.5 Å². The molecule has 2 N–H and O–H groups in total. The minimum atomic E-state index is -0.450. The molecule has 0 amide bonds. The third kappa shape index (κ3) is 4.84. The van der Waals surface area contributed by atoms with Crippen molar-refractivity contribution in [2.45, 2.75) is 44.8 Å². The molecule has 1 aliphatic carbocycles. The molecule has 1 fully saturated rings. The van der Waals surface area contributed by atoms with E-state index in [0.29, 0.717) is 25.2 Å². The van der Waals surface area contributed by atoms with Gasteiger partial charge in [-0.15, -0.1) is 0 Å². The molecule has 1 aromatic carbocycles. The van der Waals surface area contributed by atoms with Crippen molar-refractivity contribution >= 4 is 5.69 Å². The van der Waals surface area contributed by atoms with Crippen LogP contribution in [-0.2, 0) is 4.74 Å². The van der Waals surface area contributed by atoms with Gasteiger partial charge in [0.25, 0.3) is 0 Å². The van der Waals surface area contributed by atoms with E-state index in [0.717, 1.165) is 12.1 Å². The molecule has 0 aliphatic heterocycles. The largest absolute Gasteiger partial charge is 0.389 e. The lowest BCUT2D eigenvalue weighted by atomic mass is 9.88. The van der Waals surface area contributed by atoms with Gasteiger partial charge in [0, 0.05) is 12.2 Å². The number of hydrogen-bond donors (Lipinski definition) is 2. The highest BCUT2D eigenvalue weighted by molar-refractivity contribution is 5.42. The van der Waals surface area contributed by atoms with Gasteiger partial charge in [0.15, 0.2) is 0 Å². The van der Waals surface area contributed by atoms with E-state index in [9.17, 15) is 5.11 Å². The maximum absolute atomic E-state index is 9.94. The minimum absolute atomic E-state index is 0.333. The first-order valence-corrected chi connectivity index (χ1v) is 7.34. The maximum Gasteiger partial charge on any atom is 0.0945 e. The van der Waals surface area contributed by atoms with E-state index in [1.807, 2.05) is 30.3 Å². The summed E-state index contributed by atoms with van der Waals surface area (Å²) < 4.78 is 5.86. The van der Waals surface area contributed by atoms with Crippen molar-refractivity contribution in [1.82, 2.24) is 0 Å². The summed E-state index contributed by atoms with van der Waals surface area (Å²) in [6, 6.07) is 9.94. The van der Waals surface area contributed by atoms with Gasteiger partial charge < -0.3 is 15.2 Å². The molecular formula is C16H25NO2. The summed E-state index contributed by atoms with van der Waals surface area (Å²) in [4.78, 5) is 0. The molecule has 0 aromatic heterocycles. The summed E-state index contributed by atoms with van der Waals surface area (Å²) in [6.45, 7) is 3.21. The van der Waals surface area contributed by atoms with Gasteiger partial charge in [-0.25, -0.2) is 0 Å². The van der Waals surface area contributed by atoms with E-state index >= 15 is 0 Å². The molecule has 3 heteroatoms. The zero-order chi connectivity index (χ0) is 13.5. The van der Waals surface area contributed by atoms with Gasteiger partial charge in [0.1, 0.15) is 0 Å². The Kier molecular flexibility index (Phi) is 5.67. The second-order valence-electron chi connectivity index (χ2n) is 5.53. The van der Waals surface area contributed by atoms with Crippen molar-refractivity contribution in [1.29, 1.82) is 0 Å². The smallest absolute Gasteiger partial charge is 0.0945 e. The number of hydrogen-bond acceptors (Lipinski definition) is 3. The average molecular weight is 263 g/mol. The molecule has 1 aromatic rings. The fourth-order valence-corrected chi connectivity index (χ4v) is 2.62. The number of anilines is 1. The number of nitrogens with one attached hydrogen (secondary N) is 1. The number of para-hydroxylation sites is 1. The van der Waals surface area contributed by atoms with Crippen LogP contribution in [0.4, 0.5) is 5.69 Å². The van der Waals surface area contributed by atoms with E-state index < -0.39 is 6.10 Å². The van der Waals surface area contributed by atoms with Gasteiger partial charge in [-0.1, -0.05) is 38.0 Å². The molecular weight excluding hydrogens is 238 g/mol. The first-order chi connectivity index (χ1) is 9.25. The molecule has 0 heterocycles. The number of ether oxygens (including phenoxy) is 1. The minimum Gasteiger partial charge on any atom is -0.389 e. The highest BCUT2D eigenvalue weighted by atomic mass is 16.5. The van der Waals surface area contributed by atoms with Crippen molar-refractivity contribution in [3.8, 4) is 0 Å². The van der Waals surface area contributed by atoms with E-state index in [4.69, 9.17) is 4.74 Å². The number of benzene rings is 1. The van der Waals surface area contributed by atoms with E-state index in [-0.39, 0.29) is 0 Å². The molecule has 3 atom stereocenters. The predicted octanol–water partition coefficient (Wildman–Crippen LogP) is 3.05. The normalized spacial score (nSPS) is 24.9. The monoisotopic (exact) mass is 263 g/mol. The summed E-state index contributed by atoms with van der Waals surface area (Å²) >= 11 is 0. The topological polar surface area (TPSA) is 41.5 Å². The third-order valence-electron chi connectivity index (χ3n) is 3.85. The zero-order valence-electron chi connectivity index (χ0n) is 11.7. The van der Waals surface area contributed by atoms with E-state index in [1.54, 1.807) is 0 Å². The van der Waals surface area contributed by atoms with Gasteiger partial charge in [0.2, 0.25) is 0 Å². The summed E-state index contributed by atoms with van der Waals surface area (Å²) in [5.41, 5.74) is 1.03. The van der Waals surface area contributed by atoms with Crippen LogP contribution in [0.5, 0.6) is 0 Å². The molecule has 3 unspecified atom stereocenters. The number of aliphatic hydroxyl groups is 1. The highest BCUT2D eigenvalue weighted by Gasteiger charge is 2.22. The fraction of sp³-hybridized carbons (Fsp3) is 0.625.